The zero-order chi connectivity index (χ0) is 15.3. The van der Waals surface area contributed by atoms with Gasteiger partial charge in [0.15, 0.2) is 11.9 Å². The van der Waals surface area contributed by atoms with Gasteiger partial charge < -0.3 is 20.4 Å². The molecule has 1 aromatic rings. The van der Waals surface area contributed by atoms with E-state index < -0.39 is 12.3 Å². The molecule has 0 bridgehead atoms. The Balaban J connectivity index is 2.88. The number of amidine groups is 1. The minimum atomic E-state index is -4.42. The van der Waals surface area contributed by atoms with Crippen molar-refractivity contribution >= 4 is 5.84 Å². The topological polar surface area (TPSA) is 77.1 Å². The Hall–Kier alpha value is -1.96. The van der Waals surface area contributed by atoms with Crippen LogP contribution in [0.3, 0.4) is 0 Å². The van der Waals surface area contributed by atoms with Crippen molar-refractivity contribution in [1.82, 2.24) is 0 Å². The lowest BCUT2D eigenvalue weighted by Gasteiger charge is -2.17. The van der Waals surface area contributed by atoms with Crippen LogP contribution in [0.25, 0.3) is 0 Å². The predicted octanol–water partition coefficient (Wildman–Crippen LogP) is 2.26. The van der Waals surface area contributed by atoms with Crippen LogP contribution in [0.5, 0.6) is 5.75 Å². The number of nitrogens with zero attached hydrogens (tertiary/aromatic N) is 1. The van der Waals surface area contributed by atoms with Gasteiger partial charge in [-0.1, -0.05) is 11.2 Å². The number of ether oxygens (including phenoxy) is 2. The number of halogens is 3. The summed E-state index contributed by atoms with van der Waals surface area (Å²) in [5, 5.41) is 11.5. The van der Waals surface area contributed by atoms with E-state index in [1.807, 2.05) is 0 Å². The molecule has 1 rings (SSSR count). The van der Waals surface area contributed by atoms with Crippen LogP contribution in [0.1, 0.15) is 18.1 Å². The third kappa shape index (κ3) is 4.02. The Labute approximate surface area is 113 Å². The van der Waals surface area contributed by atoms with Gasteiger partial charge in [0, 0.05) is 0 Å². The number of hydrogen-bond acceptors (Lipinski definition) is 4. The molecule has 0 amide bonds. The Kier molecular flexibility index (Phi) is 5.20. The number of methoxy groups -OCH3 is 1. The molecule has 0 radical (unpaired) electrons. The maximum Gasteiger partial charge on any atom is 0.414 e. The molecule has 0 aliphatic carbocycles. The van der Waals surface area contributed by atoms with Gasteiger partial charge in [0.1, 0.15) is 5.75 Å². The van der Waals surface area contributed by atoms with Gasteiger partial charge in [0.05, 0.1) is 19.3 Å². The molecule has 3 N–H and O–H groups in total. The Morgan fingerprint density at radius 2 is 2.10 bits per heavy atom. The molecule has 8 heteroatoms. The maximum atomic E-state index is 12.3. The van der Waals surface area contributed by atoms with E-state index in [0.717, 1.165) is 6.92 Å². The number of nitrogens with two attached hydrogens (primary N) is 1. The smallest absolute Gasteiger partial charge is 0.414 e. The van der Waals surface area contributed by atoms with E-state index in [9.17, 15) is 13.2 Å². The van der Waals surface area contributed by atoms with Gasteiger partial charge in [-0.05, 0) is 24.6 Å². The van der Waals surface area contributed by atoms with Crippen LogP contribution < -0.4 is 10.5 Å². The van der Waals surface area contributed by atoms with E-state index in [2.05, 4.69) is 5.16 Å². The number of rotatable bonds is 5. The lowest BCUT2D eigenvalue weighted by molar-refractivity contribution is -0.217. The molecule has 20 heavy (non-hydrogen) atoms. The van der Waals surface area contributed by atoms with Crippen LogP contribution >= 0.6 is 0 Å². The van der Waals surface area contributed by atoms with Crippen molar-refractivity contribution in [3.05, 3.63) is 29.3 Å². The van der Waals surface area contributed by atoms with E-state index in [-0.39, 0.29) is 18.0 Å². The summed E-state index contributed by atoms with van der Waals surface area (Å²) in [6.07, 6.45) is -6.29. The average Bonchev–Trinajstić information content (AvgIpc) is 2.42. The van der Waals surface area contributed by atoms with Crippen molar-refractivity contribution < 1.29 is 27.9 Å². The van der Waals surface area contributed by atoms with E-state index in [1.54, 1.807) is 0 Å². The predicted molar refractivity (Wildman–Crippen MR) is 65.8 cm³/mol. The SMILES string of the molecule is COc1ccc(COC(C)C(F)(F)F)cc1C(N)=NO. The number of hydrogen-bond donors (Lipinski definition) is 2. The molecule has 0 saturated heterocycles. The van der Waals surface area contributed by atoms with Gasteiger partial charge in [-0.3, -0.25) is 0 Å². The first-order valence-electron chi connectivity index (χ1n) is 5.62. The summed E-state index contributed by atoms with van der Waals surface area (Å²) in [5.74, 6) is 0.139. The lowest BCUT2D eigenvalue weighted by atomic mass is 10.1. The number of alkyl halides is 3. The average molecular weight is 292 g/mol. The largest absolute Gasteiger partial charge is 0.496 e. The highest BCUT2D eigenvalue weighted by molar-refractivity contribution is 5.99. The first kappa shape index (κ1) is 16.1. The summed E-state index contributed by atoms with van der Waals surface area (Å²) in [5.41, 5.74) is 6.19. The van der Waals surface area contributed by atoms with Crippen molar-refractivity contribution in [3.63, 3.8) is 0 Å². The minimum absolute atomic E-state index is 0.201. The van der Waals surface area contributed by atoms with Gasteiger partial charge in [-0.15, -0.1) is 0 Å². The van der Waals surface area contributed by atoms with E-state index in [4.69, 9.17) is 20.4 Å². The van der Waals surface area contributed by atoms with Crippen LogP contribution in [0.15, 0.2) is 23.4 Å². The summed E-state index contributed by atoms with van der Waals surface area (Å²) in [6.45, 7) is 0.671. The Bertz CT molecular complexity index is 489. The molecule has 5 nitrogen and oxygen atoms in total. The van der Waals surface area contributed by atoms with Crippen molar-refractivity contribution in [2.45, 2.75) is 25.8 Å². The highest BCUT2D eigenvalue weighted by Crippen LogP contribution is 2.24. The minimum Gasteiger partial charge on any atom is -0.496 e. The first-order chi connectivity index (χ1) is 9.29. The van der Waals surface area contributed by atoms with Gasteiger partial charge >= 0.3 is 6.18 Å². The second kappa shape index (κ2) is 6.47. The molecule has 0 aromatic heterocycles. The van der Waals surface area contributed by atoms with Gasteiger partial charge in [-0.25, -0.2) is 0 Å². The van der Waals surface area contributed by atoms with Crippen molar-refractivity contribution in [3.8, 4) is 5.75 Å². The fourth-order valence-electron chi connectivity index (χ4n) is 1.41. The maximum absolute atomic E-state index is 12.3. The van der Waals surface area contributed by atoms with Crippen LogP contribution in [0.2, 0.25) is 0 Å². The molecule has 0 heterocycles. The van der Waals surface area contributed by atoms with Crippen LogP contribution in [-0.2, 0) is 11.3 Å². The standard InChI is InChI=1S/C12H15F3N2O3/c1-7(12(13,14)15)20-6-8-3-4-10(19-2)9(5-8)11(16)17-18/h3-5,7,18H,6H2,1-2H3,(H2,16,17). The molecular formula is C12H15F3N2O3. The van der Waals surface area contributed by atoms with Crippen LogP contribution in [-0.4, -0.2) is 30.4 Å². The highest BCUT2D eigenvalue weighted by atomic mass is 19.4. The van der Waals surface area contributed by atoms with Crippen molar-refractivity contribution in [2.75, 3.05) is 7.11 Å². The molecule has 0 fully saturated rings. The second-order valence-corrected chi connectivity index (χ2v) is 4.01. The fraction of sp³-hybridized carbons (Fsp3) is 0.417. The summed E-state index contributed by atoms with van der Waals surface area (Å²) >= 11 is 0. The van der Waals surface area contributed by atoms with Crippen molar-refractivity contribution in [1.29, 1.82) is 0 Å². The second-order valence-electron chi connectivity index (χ2n) is 4.01. The number of oxime groups is 1. The fourth-order valence-corrected chi connectivity index (χ4v) is 1.41. The Morgan fingerprint density at radius 1 is 1.45 bits per heavy atom. The summed E-state index contributed by atoms with van der Waals surface area (Å²) < 4.78 is 46.7. The molecule has 0 aliphatic heterocycles. The summed E-state index contributed by atoms with van der Waals surface area (Å²) in [7, 11) is 1.39. The zero-order valence-corrected chi connectivity index (χ0v) is 10.9. The van der Waals surface area contributed by atoms with Gasteiger partial charge in [0.2, 0.25) is 0 Å². The molecule has 1 unspecified atom stereocenters. The third-order valence-corrected chi connectivity index (χ3v) is 2.61. The lowest BCUT2D eigenvalue weighted by Crippen LogP contribution is -2.28. The van der Waals surface area contributed by atoms with Crippen LogP contribution in [0.4, 0.5) is 13.2 Å². The first-order valence-corrected chi connectivity index (χ1v) is 5.62. The molecule has 1 atom stereocenters. The Morgan fingerprint density at radius 3 is 2.60 bits per heavy atom. The highest BCUT2D eigenvalue weighted by Gasteiger charge is 2.36. The molecule has 0 aliphatic rings. The van der Waals surface area contributed by atoms with Gasteiger partial charge in [0.25, 0.3) is 0 Å². The molecule has 0 saturated carbocycles. The van der Waals surface area contributed by atoms with E-state index in [0.29, 0.717) is 11.3 Å². The molecule has 112 valence electrons. The summed E-state index contributed by atoms with van der Waals surface area (Å²) in [6, 6.07) is 4.48. The monoisotopic (exact) mass is 292 g/mol. The van der Waals surface area contributed by atoms with E-state index >= 15 is 0 Å². The third-order valence-electron chi connectivity index (χ3n) is 2.61. The summed E-state index contributed by atoms with van der Waals surface area (Å²) in [4.78, 5) is 0. The molecule has 1 aromatic carbocycles. The van der Waals surface area contributed by atoms with Crippen molar-refractivity contribution in [2.24, 2.45) is 10.9 Å². The normalized spacial score (nSPS) is 14.2. The zero-order valence-electron chi connectivity index (χ0n) is 10.9. The van der Waals surface area contributed by atoms with E-state index in [1.165, 1.54) is 25.3 Å². The van der Waals surface area contributed by atoms with Crippen LogP contribution in [0, 0.1) is 0 Å². The molecular weight excluding hydrogens is 277 g/mol. The van der Waals surface area contributed by atoms with Gasteiger partial charge in [-0.2, -0.15) is 13.2 Å². The molecule has 0 spiro atoms. The quantitative estimate of drug-likeness (QED) is 0.378. The number of benzene rings is 1.